The molecule has 1 aromatic rings. The van der Waals surface area contributed by atoms with Gasteiger partial charge in [-0.2, -0.15) is 0 Å². The second-order valence-corrected chi connectivity index (χ2v) is 8.89. The Labute approximate surface area is 140 Å². The summed E-state index contributed by atoms with van der Waals surface area (Å²) in [7, 11) is -3.24. The van der Waals surface area contributed by atoms with Crippen molar-refractivity contribution in [3.05, 3.63) is 29.8 Å². The van der Waals surface area contributed by atoms with Gasteiger partial charge < -0.3 is 4.74 Å². The molecule has 0 amide bonds. The van der Waals surface area contributed by atoms with Crippen LogP contribution in [-0.4, -0.2) is 20.8 Å². The van der Waals surface area contributed by atoms with Gasteiger partial charge in [-0.25, -0.2) is 13.1 Å². The molecule has 1 aromatic carbocycles. The largest absolute Gasteiger partial charge is 0.493 e. The highest BCUT2D eigenvalue weighted by atomic mass is 32.2. The maximum absolute atomic E-state index is 12.2. The SMILES string of the molecule is CC(C)CCCS(=O)(=O)N[C@H](C)c1cccc(OCC2CC2)c1. The van der Waals surface area contributed by atoms with Crippen molar-refractivity contribution >= 4 is 10.0 Å². The lowest BCUT2D eigenvalue weighted by Crippen LogP contribution is -2.29. The molecular formula is C18H29NO3S. The molecule has 0 heterocycles. The first-order chi connectivity index (χ1) is 10.9. The Morgan fingerprint density at radius 1 is 1.26 bits per heavy atom. The lowest BCUT2D eigenvalue weighted by Gasteiger charge is -2.16. The van der Waals surface area contributed by atoms with Crippen LogP contribution in [0.5, 0.6) is 5.75 Å². The minimum Gasteiger partial charge on any atom is -0.493 e. The van der Waals surface area contributed by atoms with Gasteiger partial charge in [0, 0.05) is 6.04 Å². The van der Waals surface area contributed by atoms with E-state index in [1.54, 1.807) is 0 Å². The van der Waals surface area contributed by atoms with Gasteiger partial charge in [-0.05, 0) is 62.1 Å². The van der Waals surface area contributed by atoms with Crippen molar-refractivity contribution in [1.82, 2.24) is 4.72 Å². The molecule has 0 aromatic heterocycles. The molecule has 1 saturated carbocycles. The van der Waals surface area contributed by atoms with Gasteiger partial charge in [0.15, 0.2) is 0 Å². The molecule has 5 heteroatoms. The minimum atomic E-state index is -3.24. The van der Waals surface area contributed by atoms with Crippen molar-refractivity contribution in [2.75, 3.05) is 12.4 Å². The fourth-order valence-electron chi connectivity index (χ4n) is 2.45. The predicted molar refractivity (Wildman–Crippen MR) is 94.1 cm³/mol. The zero-order chi connectivity index (χ0) is 16.9. The molecule has 0 aliphatic heterocycles. The predicted octanol–water partition coefficient (Wildman–Crippen LogP) is 3.89. The van der Waals surface area contributed by atoms with Gasteiger partial charge in [0.25, 0.3) is 0 Å². The summed E-state index contributed by atoms with van der Waals surface area (Å²) >= 11 is 0. The Morgan fingerprint density at radius 3 is 2.65 bits per heavy atom. The minimum absolute atomic E-state index is 0.188. The van der Waals surface area contributed by atoms with Crippen LogP contribution in [0.4, 0.5) is 0 Å². The van der Waals surface area contributed by atoms with E-state index in [1.807, 2.05) is 31.2 Å². The highest BCUT2D eigenvalue weighted by Crippen LogP contribution is 2.30. The molecule has 0 bridgehead atoms. The molecule has 1 fully saturated rings. The van der Waals surface area contributed by atoms with Gasteiger partial charge in [0.2, 0.25) is 10.0 Å². The monoisotopic (exact) mass is 339 g/mol. The fourth-order valence-corrected chi connectivity index (χ4v) is 3.79. The zero-order valence-electron chi connectivity index (χ0n) is 14.4. The van der Waals surface area contributed by atoms with Gasteiger partial charge in [0.1, 0.15) is 5.75 Å². The molecule has 1 N–H and O–H groups in total. The molecule has 23 heavy (non-hydrogen) atoms. The van der Waals surface area contributed by atoms with Crippen LogP contribution in [0.1, 0.15) is 58.1 Å². The van der Waals surface area contributed by atoms with Crippen molar-refractivity contribution in [3.8, 4) is 5.75 Å². The first kappa shape index (κ1) is 18.3. The average Bonchev–Trinajstić information content (AvgIpc) is 3.28. The van der Waals surface area contributed by atoms with Gasteiger partial charge in [-0.3, -0.25) is 0 Å². The van der Waals surface area contributed by atoms with Crippen molar-refractivity contribution in [1.29, 1.82) is 0 Å². The Bertz CT molecular complexity index is 594. The summed E-state index contributed by atoms with van der Waals surface area (Å²) in [6.45, 7) is 6.85. The zero-order valence-corrected chi connectivity index (χ0v) is 15.2. The van der Waals surface area contributed by atoms with Crippen molar-refractivity contribution in [2.45, 2.75) is 52.5 Å². The standard InChI is InChI=1S/C18H29NO3S/c1-14(2)6-5-11-23(20,21)19-15(3)17-7-4-8-18(12-17)22-13-16-9-10-16/h4,7-8,12,14-16,19H,5-6,9-11,13H2,1-3H3/t15-/m1/s1. The molecule has 0 spiro atoms. The van der Waals surface area contributed by atoms with Crippen molar-refractivity contribution in [3.63, 3.8) is 0 Å². The van der Waals surface area contributed by atoms with Gasteiger partial charge in [-0.1, -0.05) is 26.0 Å². The van der Waals surface area contributed by atoms with Crippen LogP contribution in [-0.2, 0) is 10.0 Å². The number of rotatable bonds is 10. The Hall–Kier alpha value is -1.07. The lowest BCUT2D eigenvalue weighted by molar-refractivity contribution is 0.299. The van der Waals surface area contributed by atoms with Crippen LogP contribution in [0.15, 0.2) is 24.3 Å². The maximum Gasteiger partial charge on any atom is 0.212 e. The molecule has 1 aliphatic rings. The van der Waals surface area contributed by atoms with E-state index in [9.17, 15) is 8.42 Å². The maximum atomic E-state index is 12.2. The van der Waals surface area contributed by atoms with Gasteiger partial charge in [-0.15, -0.1) is 0 Å². The van der Waals surface area contributed by atoms with E-state index in [2.05, 4.69) is 18.6 Å². The number of benzene rings is 1. The third-order valence-corrected chi connectivity index (χ3v) is 5.63. The van der Waals surface area contributed by atoms with E-state index < -0.39 is 10.0 Å². The van der Waals surface area contributed by atoms with Crippen LogP contribution in [0.2, 0.25) is 0 Å². The summed E-state index contributed by atoms with van der Waals surface area (Å²) in [4.78, 5) is 0. The fraction of sp³-hybridized carbons (Fsp3) is 0.667. The summed E-state index contributed by atoms with van der Waals surface area (Å²) in [5, 5.41) is 0. The van der Waals surface area contributed by atoms with E-state index >= 15 is 0 Å². The summed E-state index contributed by atoms with van der Waals surface area (Å²) in [6, 6.07) is 7.47. The lowest BCUT2D eigenvalue weighted by atomic mass is 10.1. The second-order valence-electron chi connectivity index (χ2n) is 7.02. The molecule has 0 radical (unpaired) electrons. The first-order valence-electron chi connectivity index (χ1n) is 8.58. The number of sulfonamides is 1. The molecule has 130 valence electrons. The molecular weight excluding hydrogens is 310 g/mol. The van der Waals surface area contributed by atoms with Crippen LogP contribution < -0.4 is 9.46 Å². The summed E-state index contributed by atoms with van der Waals surface area (Å²) in [5.41, 5.74) is 0.936. The quantitative estimate of drug-likeness (QED) is 0.703. The van der Waals surface area contributed by atoms with Crippen LogP contribution in [0.25, 0.3) is 0 Å². The molecule has 0 saturated heterocycles. The number of hydrogen-bond acceptors (Lipinski definition) is 3. The van der Waals surface area contributed by atoms with E-state index in [0.29, 0.717) is 18.3 Å². The average molecular weight is 340 g/mol. The number of nitrogens with one attached hydrogen (secondary N) is 1. The van der Waals surface area contributed by atoms with E-state index in [4.69, 9.17) is 4.74 Å². The van der Waals surface area contributed by atoms with Gasteiger partial charge >= 0.3 is 0 Å². The molecule has 0 unspecified atom stereocenters. The summed E-state index contributed by atoms with van der Waals surface area (Å²) < 4.78 is 32.9. The first-order valence-corrected chi connectivity index (χ1v) is 10.2. The van der Waals surface area contributed by atoms with E-state index in [-0.39, 0.29) is 11.8 Å². The Kier molecular flexibility index (Phi) is 6.48. The summed E-state index contributed by atoms with van der Waals surface area (Å²) in [5.74, 6) is 2.24. The van der Waals surface area contributed by atoms with Crippen LogP contribution in [0.3, 0.4) is 0 Å². The third kappa shape index (κ3) is 6.92. The third-order valence-electron chi connectivity index (χ3n) is 4.09. The van der Waals surface area contributed by atoms with E-state index in [1.165, 1.54) is 12.8 Å². The molecule has 2 rings (SSSR count). The number of hydrogen-bond donors (Lipinski definition) is 1. The normalized spacial score (nSPS) is 16.5. The number of ether oxygens (including phenoxy) is 1. The Morgan fingerprint density at radius 2 is 2.00 bits per heavy atom. The van der Waals surface area contributed by atoms with Gasteiger partial charge in [0.05, 0.1) is 12.4 Å². The highest BCUT2D eigenvalue weighted by Gasteiger charge is 2.22. The second kappa shape index (κ2) is 8.15. The smallest absolute Gasteiger partial charge is 0.212 e. The summed E-state index contributed by atoms with van der Waals surface area (Å²) in [6.07, 6.45) is 4.14. The molecule has 4 nitrogen and oxygen atoms in total. The van der Waals surface area contributed by atoms with Crippen LogP contribution >= 0.6 is 0 Å². The topological polar surface area (TPSA) is 55.4 Å². The van der Waals surface area contributed by atoms with Crippen molar-refractivity contribution < 1.29 is 13.2 Å². The van der Waals surface area contributed by atoms with Crippen LogP contribution in [0, 0.1) is 11.8 Å². The highest BCUT2D eigenvalue weighted by molar-refractivity contribution is 7.89. The van der Waals surface area contributed by atoms with E-state index in [0.717, 1.165) is 24.3 Å². The van der Waals surface area contributed by atoms with Crippen molar-refractivity contribution in [2.24, 2.45) is 11.8 Å². The molecule has 1 aliphatic carbocycles. The Balaban J connectivity index is 1.88. The molecule has 1 atom stereocenters.